The van der Waals surface area contributed by atoms with Crippen molar-refractivity contribution in [3.63, 3.8) is 0 Å². The second kappa shape index (κ2) is 8.65. The monoisotopic (exact) mass is 243 g/mol. The van der Waals surface area contributed by atoms with Crippen LogP contribution >= 0.6 is 0 Å². The Bertz CT molecular complexity index is 214. The molecule has 0 rings (SSSR count). The van der Waals surface area contributed by atoms with Gasteiger partial charge in [-0.1, -0.05) is 20.8 Å². The molecular formula is C14H29NO2. The second-order valence-corrected chi connectivity index (χ2v) is 5.24. The molecule has 0 heterocycles. The zero-order valence-corrected chi connectivity index (χ0v) is 12.1. The van der Waals surface area contributed by atoms with Gasteiger partial charge in [-0.25, -0.2) is 0 Å². The fourth-order valence-corrected chi connectivity index (χ4v) is 1.31. The Morgan fingerprint density at radius 1 is 1.29 bits per heavy atom. The van der Waals surface area contributed by atoms with Crippen molar-refractivity contribution >= 4 is 5.78 Å². The number of rotatable bonds is 10. The number of carbonyl (C=O) groups excluding carboxylic acids is 1. The molecule has 0 spiro atoms. The Morgan fingerprint density at radius 2 is 1.94 bits per heavy atom. The summed E-state index contributed by atoms with van der Waals surface area (Å²) >= 11 is 0. The fourth-order valence-electron chi connectivity index (χ4n) is 1.31. The van der Waals surface area contributed by atoms with Gasteiger partial charge in [-0.15, -0.1) is 0 Å². The molecule has 3 heteroatoms. The molecule has 1 N–H and O–H groups in total. The van der Waals surface area contributed by atoms with Crippen LogP contribution in [0.3, 0.4) is 0 Å². The maximum atomic E-state index is 11.5. The van der Waals surface area contributed by atoms with E-state index in [0.29, 0.717) is 18.8 Å². The molecule has 0 bridgehead atoms. The molecule has 1 atom stereocenters. The van der Waals surface area contributed by atoms with Gasteiger partial charge in [0.2, 0.25) is 0 Å². The third kappa shape index (κ3) is 8.33. The molecule has 3 nitrogen and oxygen atoms in total. The minimum absolute atomic E-state index is 0.0335. The quantitative estimate of drug-likeness (QED) is 0.600. The summed E-state index contributed by atoms with van der Waals surface area (Å²) in [6.45, 7) is 12.7. The topological polar surface area (TPSA) is 38.3 Å². The summed E-state index contributed by atoms with van der Waals surface area (Å²) in [7, 11) is 0. The maximum Gasteiger partial charge on any atom is 0.136 e. The Labute approximate surface area is 106 Å². The van der Waals surface area contributed by atoms with Crippen molar-refractivity contribution in [2.24, 2.45) is 5.92 Å². The number of ether oxygens (including phenoxy) is 1. The first-order chi connectivity index (χ1) is 7.93. The van der Waals surface area contributed by atoms with Crippen molar-refractivity contribution in [1.82, 2.24) is 5.32 Å². The standard InChI is InChI=1S/C14H29NO2/c1-6-12(3)13(16)8-9-15-10-11-17-14(4,5)7-2/h12,15H,6-11H2,1-5H3. The van der Waals surface area contributed by atoms with E-state index in [4.69, 9.17) is 4.74 Å². The molecule has 17 heavy (non-hydrogen) atoms. The lowest BCUT2D eigenvalue weighted by atomic mass is 10.0. The Balaban J connectivity index is 3.44. The lowest BCUT2D eigenvalue weighted by molar-refractivity contribution is -0.122. The fraction of sp³-hybridized carbons (Fsp3) is 0.929. The molecule has 0 aromatic carbocycles. The summed E-state index contributed by atoms with van der Waals surface area (Å²) in [5.74, 6) is 0.557. The SMILES string of the molecule is CCC(C)C(=O)CCNCCOC(C)(C)CC. The smallest absolute Gasteiger partial charge is 0.136 e. The Morgan fingerprint density at radius 3 is 2.47 bits per heavy atom. The number of hydrogen-bond donors (Lipinski definition) is 1. The van der Waals surface area contributed by atoms with Crippen LogP contribution < -0.4 is 5.32 Å². The predicted molar refractivity (Wildman–Crippen MR) is 72.3 cm³/mol. The first-order valence-corrected chi connectivity index (χ1v) is 6.80. The number of nitrogens with one attached hydrogen (secondary N) is 1. The molecule has 0 amide bonds. The van der Waals surface area contributed by atoms with Gasteiger partial charge in [-0.05, 0) is 26.7 Å². The average molecular weight is 243 g/mol. The van der Waals surface area contributed by atoms with Crippen LogP contribution in [0.2, 0.25) is 0 Å². The molecule has 0 saturated carbocycles. The summed E-state index contributed by atoms with van der Waals surface area (Å²) in [5, 5.41) is 3.25. The minimum atomic E-state index is -0.0335. The number of hydrogen-bond acceptors (Lipinski definition) is 3. The molecule has 0 aliphatic heterocycles. The van der Waals surface area contributed by atoms with Gasteiger partial charge < -0.3 is 10.1 Å². The van der Waals surface area contributed by atoms with Gasteiger partial charge >= 0.3 is 0 Å². The van der Waals surface area contributed by atoms with Crippen molar-refractivity contribution in [3.8, 4) is 0 Å². The van der Waals surface area contributed by atoms with Crippen molar-refractivity contribution < 1.29 is 9.53 Å². The summed E-state index contributed by atoms with van der Waals surface area (Å²) in [4.78, 5) is 11.5. The summed E-state index contributed by atoms with van der Waals surface area (Å²) in [5.41, 5.74) is -0.0335. The van der Waals surface area contributed by atoms with E-state index in [2.05, 4.69) is 33.0 Å². The van der Waals surface area contributed by atoms with E-state index in [0.717, 1.165) is 25.9 Å². The molecule has 0 fully saturated rings. The molecule has 0 aliphatic rings. The van der Waals surface area contributed by atoms with Gasteiger partial charge in [0.1, 0.15) is 5.78 Å². The van der Waals surface area contributed by atoms with Crippen molar-refractivity contribution in [3.05, 3.63) is 0 Å². The van der Waals surface area contributed by atoms with E-state index in [9.17, 15) is 4.79 Å². The van der Waals surface area contributed by atoms with Crippen LogP contribution in [0.1, 0.15) is 53.9 Å². The van der Waals surface area contributed by atoms with Gasteiger partial charge in [0.25, 0.3) is 0 Å². The highest BCUT2D eigenvalue weighted by Gasteiger charge is 2.14. The van der Waals surface area contributed by atoms with Gasteiger partial charge in [0.05, 0.1) is 12.2 Å². The van der Waals surface area contributed by atoms with E-state index in [1.54, 1.807) is 0 Å². The van der Waals surface area contributed by atoms with Crippen molar-refractivity contribution in [2.45, 2.75) is 59.5 Å². The maximum absolute atomic E-state index is 11.5. The Kier molecular flexibility index (Phi) is 8.44. The van der Waals surface area contributed by atoms with E-state index < -0.39 is 0 Å². The van der Waals surface area contributed by atoms with E-state index in [1.807, 2.05) is 6.92 Å². The average Bonchev–Trinajstić information content (AvgIpc) is 2.32. The normalized spacial score (nSPS) is 13.7. The van der Waals surface area contributed by atoms with Gasteiger partial charge in [0, 0.05) is 25.4 Å². The summed E-state index contributed by atoms with van der Waals surface area (Å²) in [6.07, 6.45) is 2.58. The number of carbonyl (C=O) groups is 1. The molecule has 0 saturated heterocycles. The highest BCUT2D eigenvalue weighted by Crippen LogP contribution is 2.12. The van der Waals surface area contributed by atoms with Gasteiger partial charge in [0.15, 0.2) is 0 Å². The van der Waals surface area contributed by atoms with E-state index in [1.165, 1.54) is 0 Å². The molecule has 0 aliphatic carbocycles. The second-order valence-electron chi connectivity index (χ2n) is 5.24. The third-order valence-electron chi connectivity index (χ3n) is 3.33. The lowest BCUT2D eigenvalue weighted by Crippen LogP contribution is -2.30. The largest absolute Gasteiger partial charge is 0.374 e. The van der Waals surface area contributed by atoms with Crippen LogP contribution in [0.15, 0.2) is 0 Å². The summed E-state index contributed by atoms with van der Waals surface area (Å²) < 4.78 is 5.71. The summed E-state index contributed by atoms with van der Waals surface area (Å²) in [6, 6.07) is 0. The number of ketones is 1. The minimum Gasteiger partial charge on any atom is -0.374 e. The molecule has 102 valence electrons. The highest BCUT2D eigenvalue weighted by atomic mass is 16.5. The van der Waals surface area contributed by atoms with E-state index >= 15 is 0 Å². The zero-order valence-electron chi connectivity index (χ0n) is 12.1. The van der Waals surface area contributed by atoms with Crippen LogP contribution in [-0.4, -0.2) is 31.1 Å². The van der Waals surface area contributed by atoms with Crippen LogP contribution in [0.5, 0.6) is 0 Å². The molecular weight excluding hydrogens is 214 g/mol. The third-order valence-corrected chi connectivity index (χ3v) is 3.33. The molecule has 1 unspecified atom stereocenters. The van der Waals surface area contributed by atoms with Gasteiger partial charge in [-0.3, -0.25) is 4.79 Å². The van der Waals surface area contributed by atoms with Crippen molar-refractivity contribution in [1.29, 1.82) is 0 Å². The zero-order chi connectivity index (χ0) is 13.3. The molecule has 0 radical (unpaired) electrons. The number of Topliss-reactive ketones (excluding diaryl/α,β-unsaturated/α-hetero) is 1. The Hall–Kier alpha value is -0.410. The lowest BCUT2D eigenvalue weighted by Gasteiger charge is -2.23. The first kappa shape index (κ1) is 16.6. The van der Waals surface area contributed by atoms with E-state index in [-0.39, 0.29) is 11.5 Å². The molecule has 0 aromatic heterocycles. The predicted octanol–water partition coefficient (Wildman–Crippen LogP) is 2.79. The van der Waals surface area contributed by atoms with Crippen LogP contribution in [0, 0.1) is 5.92 Å². The van der Waals surface area contributed by atoms with Crippen LogP contribution in [0.25, 0.3) is 0 Å². The van der Waals surface area contributed by atoms with Crippen molar-refractivity contribution in [2.75, 3.05) is 19.7 Å². The van der Waals surface area contributed by atoms with Crippen LogP contribution in [0.4, 0.5) is 0 Å². The highest BCUT2D eigenvalue weighted by molar-refractivity contribution is 5.80. The first-order valence-electron chi connectivity index (χ1n) is 6.80. The molecule has 0 aromatic rings. The van der Waals surface area contributed by atoms with Crippen LogP contribution in [-0.2, 0) is 9.53 Å². The van der Waals surface area contributed by atoms with Gasteiger partial charge in [-0.2, -0.15) is 0 Å².